The largest absolute Gasteiger partial charge is 0.358 e. The van der Waals surface area contributed by atoms with Crippen LogP contribution in [0.4, 0.5) is 0 Å². The first-order chi connectivity index (χ1) is 5.61. The summed E-state index contributed by atoms with van der Waals surface area (Å²) in [6, 6.07) is 0. The Hall–Kier alpha value is -0.220. The van der Waals surface area contributed by atoms with Crippen LogP contribution in [0.15, 0.2) is 0 Å². The maximum absolute atomic E-state index is 11.0. The second-order valence-electron chi connectivity index (χ2n) is 2.93. The average Bonchev–Trinajstić information content (AvgIpc) is 2.11. The van der Waals surface area contributed by atoms with Crippen molar-refractivity contribution in [2.24, 2.45) is 11.7 Å². The third-order valence-corrected chi connectivity index (χ3v) is 3.12. The van der Waals surface area contributed by atoms with Crippen molar-refractivity contribution in [3.05, 3.63) is 0 Å². The minimum Gasteiger partial charge on any atom is -0.358 e. The minimum atomic E-state index is 0.0315. The van der Waals surface area contributed by atoms with E-state index < -0.39 is 0 Å². The summed E-state index contributed by atoms with van der Waals surface area (Å²) >= 11 is 1.65. The van der Waals surface area contributed by atoms with E-state index in [1.54, 1.807) is 18.8 Å². The molecule has 1 amide bonds. The van der Waals surface area contributed by atoms with E-state index in [1.807, 2.05) is 6.92 Å². The van der Waals surface area contributed by atoms with Gasteiger partial charge in [-0.15, -0.1) is 11.8 Å². The fourth-order valence-electron chi connectivity index (χ4n) is 0.656. The summed E-state index contributed by atoms with van der Waals surface area (Å²) in [5.41, 5.74) is 5.45. The zero-order valence-electron chi connectivity index (χ0n) is 7.96. The first-order valence-electron chi connectivity index (χ1n) is 4.15. The summed E-state index contributed by atoms with van der Waals surface area (Å²) in [5.74, 6) is 1.52. The maximum Gasteiger partial charge on any atom is 0.232 e. The molecule has 3 nitrogen and oxygen atoms in total. The Labute approximate surface area is 78.5 Å². The van der Waals surface area contributed by atoms with E-state index in [-0.39, 0.29) is 11.2 Å². The van der Waals surface area contributed by atoms with Crippen molar-refractivity contribution in [2.75, 3.05) is 19.3 Å². The van der Waals surface area contributed by atoms with Gasteiger partial charge in [0.05, 0.1) is 5.25 Å². The predicted molar refractivity (Wildman–Crippen MR) is 54.2 cm³/mol. The number of thioether (sulfide) groups is 1. The van der Waals surface area contributed by atoms with Crippen LogP contribution in [0, 0.1) is 5.92 Å². The number of amides is 1. The molecule has 0 heterocycles. The normalized spacial score (nSPS) is 15.3. The smallest absolute Gasteiger partial charge is 0.232 e. The number of nitrogens with two attached hydrogens (primary N) is 1. The lowest BCUT2D eigenvalue weighted by atomic mass is 10.2. The zero-order chi connectivity index (χ0) is 9.56. The first kappa shape index (κ1) is 11.8. The number of carbonyl (C=O) groups is 1. The molecule has 0 bridgehead atoms. The van der Waals surface area contributed by atoms with E-state index >= 15 is 0 Å². The number of hydrogen-bond donors (Lipinski definition) is 2. The van der Waals surface area contributed by atoms with Gasteiger partial charge in [-0.3, -0.25) is 4.79 Å². The second kappa shape index (κ2) is 6.31. The summed E-state index contributed by atoms with van der Waals surface area (Å²) in [5, 5.41) is 2.65. The van der Waals surface area contributed by atoms with Crippen LogP contribution in [-0.4, -0.2) is 30.5 Å². The molecule has 2 unspecified atom stereocenters. The zero-order valence-corrected chi connectivity index (χ0v) is 8.78. The Balaban J connectivity index is 3.56. The topological polar surface area (TPSA) is 55.1 Å². The van der Waals surface area contributed by atoms with Crippen molar-refractivity contribution in [1.82, 2.24) is 5.32 Å². The SMILES string of the molecule is CNC(=O)C(C)SCC(C)CN. The van der Waals surface area contributed by atoms with Crippen LogP contribution in [0.1, 0.15) is 13.8 Å². The van der Waals surface area contributed by atoms with Crippen LogP contribution in [-0.2, 0) is 4.79 Å². The van der Waals surface area contributed by atoms with Gasteiger partial charge < -0.3 is 11.1 Å². The lowest BCUT2D eigenvalue weighted by molar-refractivity contribution is -0.119. The molecule has 0 rings (SSSR count). The van der Waals surface area contributed by atoms with Crippen LogP contribution < -0.4 is 11.1 Å². The Bertz CT molecular complexity index is 141. The lowest BCUT2D eigenvalue weighted by Gasteiger charge is -2.12. The van der Waals surface area contributed by atoms with Gasteiger partial charge in [-0.1, -0.05) is 6.92 Å². The maximum atomic E-state index is 11.0. The Morgan fingerprint density at radius 3 is 2.58 bits per heavy atom. The predicted octanol–water partition coefficient (Wildman–Crippen LogP) is 0.449. The van der Waals surface area contributed by atoms with Crippen LogP contribution in [0.2, 0.25) is 0 Å². The van der Waals surface area contributed by atoms with Crippen molar-refractivity contribution < 1.29 is 4.79 Å². The van der Waals surface area contributed by atoms with Gasteiger partial charge in [0.25, 0.3) is 0 Å². The van der Waals surface area contributed by atoms with Crippen molar-refractivity contribution >= 4 is 17.7 Å². The molecule has 72 valence electrons. The first-order valence-corrected chi connectivity index (χ1v) is 5.20. The summed E-state index contributed by atoms with van der Waals surface area (Å²) in [7, 11) is 1.66. The van der Waals surface area contributed by atoms with Gasteiger partial charge in [-0.25, -0.2) is 0 Å². The van der Waals surface area contributed by atoms with Gasteiger partial charge in [0, 0.05) is 7.05 Å². The van der Waals surface area contributed by atoms with Gasteiger partial charge in [-0.05, 0) is 25.1 Å². The highest BCUT2D eigenvalue weighted by molar-refractivity contribution is 8.00. The van der Waals surface area contributed by atoms with Crippen LogP contribution >= 0.6 is 11.8 Å². The fourth-order valence-corrected chi connectivity index (χ4v) is 1.68. The summed E-state index contributed by atoms with van der Waals surface area (Å²) < 4.78 is 0. The third-order valence-electron chi connectivity index (χ3n) is 1.65. The molecule has 0 fully saturated rings. The molecule has 4 heteroatoms. The van der Waals surface area contributed by atoms with Gasteiger partial charge >= 0.3 is 0 Å². The molecule has 0 saturated heterocycles. The number of nitrogens with one attached hydrogen (secondary N) is 1. The van der Waals surface area contributed by atoms with Crippen molar-refractivity contribution in [1.29, 1.82) is 0 Å². The molecular formula is C8H18N2OS. The van der Waals surface area contributed by atoms with E-state index in [4.69, 9.17) is 5.73 Å². The van der Waals surface area contributed by atoms with Crippen LogP contribution in [0.5, 0.6) is 0 Å². The van der Waals surface area contributed by atoms with Crippen LogP contribution in [0.25, 0.3) is 0 Å². The quantitative estimate of drug-likeness (QED) is 0.662. The highest BCUT2D eigenvalue weighted by Gasteiger charge is 2.12. The Morgan fingerprint density at radius 2 is 2.17 bits per heavy atom. The monoisotopic (exact) mass is 190 g/mol. The Morgan fingerprint density at radius 1 is 1.58 bits per heavy atom. The van der Waals surface area contributed by atoms with Crippen molar-refractivity contribution in [3.8, 4) is 0 Å². The molecule has 0 aliphatic rings. The third kappa shape index (κ3) is 4.62. The molecule has 2 atom stereocenters. The average molecular weight is 190 g/mol. The van der Waals surface area contributed by atoms with Gasteiger partial charge in [0.1, 0.15) is 0 Å². The highest BCUT2D eigenvalue weighted by Crippen LogP contribution is 2.13. The lowest BCUT2D eigenvalue weighted by Crippen LogP contribution is -2.28. The van der Waals surface area contributed by atoms with Crippen LogP contribution in [0.3, 0.4) is 0 Å². The summed E-state index contributed by atoms with van der Waals surface area (Å²) in [4.78, 5) is 11.0. The molecule has 0 saturated carbocycles. The molecule has 0 aliphatic heterocycles. The van der Waals surface area contributed by atoms with E-state index in [1.165, 1.54) is 0 Å². The second-order valence-corrected chi connectivity index (χ2v) is 4.30. The molecule has 3 N–H and O–H groups in total. The highest BCUT2D eigenvalue weighted by atomic mass is 32.2. The molecular weight excluding hydrogens is 172 g/mol. The summed E-state index contributed by atoms with van der Waals surface area (Å²) in [6.07, 6.45) is 0. The molecule has 0 radical (unpaired) electrons. The van der Waals surface area contributed by atoms with Gasteiger partial charge in [0.2, 0.25) is 5.91 Å². The number of carbonyl (C=O) groups excluding carboxylic acids is 1. The van der Waals surface area contributed by atoms with E-state index in [0.717, 1.165) is 5.75 Å². The van der Waals surface area contributed by atoms with Gasteiger partial charge in [0.15, 0.2) is 0 Å². The molecule has 0 aromatic carbocycles. The molecule has 0 aliphatic carbocycles. The molecule has 12 heavy (non-hydrogen) atoms. The molecule has 0 aromatic rings. The number of hydrogen-bond acceptors (Lipinski definition) is 3. The van der Waals surface area contributed by atoms with Crippen molar-refractivity contribution in [2.45, 2.75) is 19.1 Å². The fraction of sp³-hybridized carbons (Fsp3) is 0.875. The van der Waals surface area contributed by atoms with E-state index in [0.29, 0.717) is 12.5 Å². The van der Waals surface area contributed by atoms with E-state index in [9.17, 15) is 4.79 Å². The molecule has 0 aromatic heterocycles. The Kier molecular flexibility index (Phi) is 6.20. The van der Waals surface area contributed by atoms with Crippen molar-refractivity contribution in [3.63, 3.8) is 0 Å². The molecule has 0 spiro atoms. The number of rotatable bonds is 5. The van der Waals surface area contributed by atoms with E-state index in [2.05, 4.69) is 12.2 Å². The minimum absolute atomic E-state index is 0.0315. The standard InChI is InChI=1S/C8H18N2OS/c1-6(4-9)5-12-7(2)8(11)10-3/h6-7H,4-5,9H2,1-3H3,(H,10,11). The summed E-state index contributed by atoms with van der Waals surface area (Å²) in [6.45, 7) is 4.68. The van der Waals surface area contributed by atoms with Gasteiger partial charge in [-0.2, -0.15) is 0 Å².